The molecule has 0 atom stereocenters. The molecule has 0 unspecified atom stereocenters. The molecule has 6 heteroatoms. The van der Waals surface area contributed by atoms with Crippen LogP contribution in [0.2, 0.25) is 0 Å². The smallest absolute Gasteiger partial charge is 0.253 e. The number of morpholine rings is 1. The highest BCUT2D eigenvalue weighted by Gasteiger charge is 2.16. The van der Waals surface area contributed by atoms with Gasteiger partial charge in [-0.25, -0.2) is 9.50 Å². The van der Waals surface area contributed by atoms with Gasteiger partial charge in [0, 0.05) is 31.0 Å². The number of nitrogens with zero attached hydrogens (tertiary/aromatic N) is 5. The Morgan fingerprint density at radius 1 is 1.00 bits per heavy atom. The van der Waals surface area contributed by atoms with Crippen LogP contribution in [0.1, 0.15) is 0 Å². The first-order chi connectivity index (χ1) is 10.4. The zero-order valence-corrected chi connectivity index (χ0v) is 11.5. The quantitative estimate of drug-likeness (QED) is 0.714. The van der Waals surface area contributed by atoms with E-state index >= 15 is 0 Å². The number of fused-ring (bicyclic) bond motifs is 1. The number of hydrogen-bond donors (Lipinski definition) is 0. The number of rotatable bonds is 2. The third kappa shape index (κ3) is 2.34. The van der Waals surface area contributed by atoms with Crippen molar-refractivity contribution in [1.29, 1.82) is 0 Å². The van der Waals surface area contributed by atoms with Gasteiger partial charge >= 0.3 is 0 Å². The van der Waals surface area contributed by atoms with Crippen molar-refractivity contribution in [2.75, 3.05) is 31.2 Å². The van der Waals surface area contributed by atoms with Crippen LogP contribution in [0.4, 0.5) is 5.95 Å². The van der Waals surface area contributed by atoms with Crippen molar-refractivity contribution in [1.82, 2.24) is 19.6 Å². The fourth-order valence-corrected chi connectivity index (χ4v) is 2.45. The number of ether oxygens (including phenoxy) is 1. The molecule has 0 saturated carbocycles. The van der Waals surface area contributed by atoms with E-state index in [1.807, 2.05) is 30.6 Å². The molecule has 0 spiro atoms. The van der Waals surface area contributed by atoms with Crippen LogP contribution < -0.4 is 4.90 Å². The Balaban J connectivity index is 1.71. The molecule has 1 aromatic carbocycles. The van der Waals surface area contributed by atoms with Crippen LogP contribution in [0.3, 0.4) is 0 Å². The Labute approximate surface area is 122 Å². The van der Waals surface area contributed by atoms with Crippen LogP contribution in [-0.4, -0.2) is 45.9 Å². The van der Waals surface area contributed by atoms with E-state index in [0.29, 0.717) is 5.78 Å². The molecular weight excluding hydrogens is 266 g/mol. The summed E-state index contributed by atoms with van der Waals surface area (Å²) >= 11 is 0. The van der Waals surface area contributed by atoms with Crippen molar-refractivity contribution >= 4 is 11.7 Å². The van der Waals surface area contributed by atoms with Crippen molar-refractivity contribution in [3.05, 3.63) is 42.7 Å². The molecule has 0 amide bonds. The molecule has 1 fully saturated rings. The minimum absolute atomic E-state index is 0.621. The molecule has 3 heterocycles. The molecule has 0 aliphatic carbocycles. The molecule has 4 rings (SSSR count). The summed E-state index contributed by atoms with van der Waals surface area (Å²) in [5.74, 6) is 1.34. The second-order valence-electron chi connectivity index (χ2n) is 4.96. The summed E-state index contributed by atoms with van der Waals surface area (Å²) in [5, 5.41) is 4.54. The van der Waals surface area contributed by atoms with Crippen molar-refractivity contribution < 1.29 is 4.74 Å². The number of anilines is 1. The average molecular weight is 281 g/mol. The highest BCUT2D eigenvalue weighted by molar-refractivity contribution is 5.62. The zero-order chi connectivity index (χ0) is 14.1. The molecule has 6 nitrogen and oxygen atoms in total. The molecule has 0 radical (unpaired) electrons. The number of aromatic nitrogens is 4. The molecule has 3 aromatic rings. The topological polar surface area (TPSA) is 55.5 Å². The monoisotopic (exact) mass is 281 g/mol. The lowest BCUT2D eigenvalue weighted by molar-refractivity contribution is 0.122. The molecule has 0 bridgehead atoms. The molecule has 2 aromatic heterocycles. The largest absolute Gasteiger partial charge is 0.378 e. The normalized spacial score (nSPS) is 15.5. The second kappa shape index (κ2) is 5.14. The predicted octanol–water partition coefficient (Wildman–Crippen LogP) is 1.63. The first-order valence-electron chi connectivity index (χ1n) is 7.01. The molecule has 0 N–H and O–H groups in total. The summed E-state index contributed by atoms with van der Waals surface area (Å²) in [5.41, 5.74) is 2.15. The van der Waals surface area contributed by atoms with E-state index in [9.17, 15) is 0 Å². The Bertz CT molecular complexity index is 749. The first-order valence-corrected chi connectivity index (χ1v) is 7.01. The van der Waals surface area contributed by atoms with Crippen LogP contribution in [0.5, 0.6) is 0 Å². The highest BCUT2D eigenvalue weighted by Crippen LogP contribution is 2.19. The average Bonchev–Trinajstić information content (AvgIpc) is 2.99. The SMILES string of the molecule is c1ccc(-c2cnc3nc(N4CCOCC4)nn3c2)cc1. The van der Waals surface area contributed by atoms with E-state index < -0.39 is 0 Å². The molecule has 1 aliphatic rings. The molecule has 1 saturated heterocycles. The van der Waals surface area contributed by atoms with Gasteiger partial charge in [0.15, 0.2) is 0 Å². The van der Waals surface area contributed by atoms with E-state index in [2.05, 4.69) is 32.1 Å². The summed E-state index contributed by atoms with van der Waals surface area (Å²) < 4.78 is 7.10. The van der Waals surface area contributed by atoms with E-state index in [-0.39, 0.29) is 0 Å². The molecule has 106 valence electrons. The van der Waals surface area contributed by atoms with Crippen LogP contribution >= 0.6 is 0 Å². The molecular formula is C15H15N5O. The van der Waals surface area contributed by atoms with Crippen LogP contribution in [0.25, 0.3) is 16.9 Å². The van der Waals surface area contributed by atoms with Crippen molar-refractivity contribution in [3.63, 3.8) is 0 Å². The summed E-state index contributed by atoms with van der Waals surface area (Å²) in [4.78, 5) is 11.0. The Hall–Kier alpha value is -2.47. The van der Waals surface area contributed by atoms with Gasteiger partial charge in [-0.1, -0.05) is 30.3 Å². The molecule has 1 aliphatic heterocycles. The summed E-state index contributed by atoms with van der Waals surface area (Å²) in [7, 11) is 0. The summed E-state index contributed by atoms with van der Waals surface area (Å²) in [6.07, 6.45) is 3.80. The van der Waals surface area contributed by atoms with Crippen LogP contribution in [0.15, 0.2) is 42.7 Å². The maximum Gasteiger partial charge on any atom is 0.253 e. The van der Waals surface area contributed by atoms with Gasteiger partial charge in [-0.15, -0.1) is 5.10 Å². The predicted molar refractivity (Wildman–Crippen MR) is 79.3 cm³/mol. The van der Waals surface area contributed by atoms with Crippen molar-refractivity contribution in [2.45, 2.75) is 0 Å². The summed E-state index contributed by atoms with van der Waals surface area (Å²) in [6, 6.07) is 10.1. The summed E-state index contributed by atoms with van der Waals surface area (Å²) in [6.45, 7) is 3.08. The van der Waals surface area contributed by atoms with E-state index in [0.717, 1.165) is 43.4 Å². The maximum atomic E-state index is 5.35. The van der Waals surface area contributed by atoms with Gasteiger partial charge in [-0.05, 0) is 5.56 Å². The Morgan fingerprint density at radius 3 is 2.62 bits per heavy atom. The lowest BCUT2D eigenvalue weighted by atomic mass is 10.1. The van der Waals surface area contributed by atoms with Crippen molar-refractivity contribution in [3.8, 4) is 11.1 Å². The standard InChI is InChI=1S/C15H15N5O/c1-2-4-12(5-3-1)13-10-16-14-17-15(18-20(14)11-13)19-6-8-21-9-7-19/h1-5,10-11H,6-9H2. The molecule has 21 heavy (non-hydrogen) atoms. The third-order valence-corrected chi connectivity index (χ3v) is 3.58. The highest BCUT2D eigenvalue weighted by atomic mass is 16.5. The van der Waals surface area contributed by atoms with Crippen LogP contribution in [0, 0.1) is 0 Å². The number of benzene rings is 1. The van der Waals surface area contributed by atoms with Gasteiger partial charge in [0.05, 0.1) is 13.2 Å². The lowest BCUT2D eigenvalue weighted by Gasteiger charge is -2.25. The fourth-order valence-electron chi connectivity index (χ4n) is 2.45. The Morgan fingerprint density at radius 2 is 1.81 bits per heavy atom. The zero-order valence-electron chi connectivity index (χ0n) is 11.5. The minimum atomic E-state index is 0.621. The lowest BCUT2D eigenvalue weighted by Crippen LogP contribution is -2.36. The van der Waals surface area contributed by atoms with Gasteiger partial charge < -0.3 is 9.64 Å². The van der Waals surface area contributed by atoms with Gasteiger partial charge in [0.1, 0.15) is 0 Å². The van der Waals surface area contributed by atoms with E-state index in [1.54, 1.807) is 4.52 Å². The van der Waals surface area contributed by atoms with Crippen LogP contribution in [-0.2, 0) is 4.74 Å². The van der Waals surface area contributed by atoms with Crippen molar-refractivity contribution in [2.24, 2.45) is 0 Å². The fraction of sp³-hybridized carbons (Fsp3) is 0.267. The van der Waals surface area contributed by atoms with Gasteiger partial charge in [0.25, 0.3) is 5.78 Å². The third-order valence-electron chi connectivity index (χ3n) is 3.58. The maximum absolute atomic E-state index is 5.35. The minimum Gasteiger partial charge on any atom is -0.378 e. The first kappa shape index (κ1) is 12.3. The van der Waals surface area contributed by atoms with Gasteiger partial charge in [-0.3, -0.25) is 0 Å². The van der Waals surface area contributed by atoms with Gasteiger partial charge in [-0.2, -0.15) is 4.98 Å². The Kier molecular flexibility index (Phi) is 3.01. The number of hydrogen-bond acceptors (Lipinski definition) is 5. The van der Waals surface area contributed by atoms with Gasteiger partial charge in [0.2, 0.25) is 5.95 Å². The van der Waals surface area contributed by atoms with E-state index in [4.69, 9.17) is 4.74 Å². The van der Waals surface area contributed by atoms with E-state index in [1.165, 1.54) is 0 Å². The second-order valence-corrected chi connectivity index (χ2v) is 4.96.